The van der Waals surface area contributed by atoms with Crippen molar-refractivity contribution in [3.63, 3.8) is 0 Å². The smallest absolute Gasteiger partial charge is 0.275 e. The molecule has 0 saturated carbocycles. The Bertz CT molecular complexity index is 865. The lowest BCUT2D eigenvalue weighted by atomic mass is 10.1. The number of aromatic nitrogens is 2. The molecule has 2 aromatic rings. The number of nitrogens with zero attached hydrogens (tertiary/aromatic N) is 4. The van der Waals surface area contributed by atoms with E-state index < -0.39 is 17.9 Å². The van der Waals surface area contributed by atoms with Crippen molar-refractivity contribution in [2.75, 3.05) is 19.6 Å². The van der Waals surface area contributed by atoms with Gasteiger partial charge in [-0.2, -0.15) is 5.10 Å². The Kier molecular flexibility index (Phi) is 5.13. The summed E-state index contributed by atoms with van der Waals surface area (Å²) in [5, 5.41) is 3.98. The molecule has 0 radical (unpaired) electrons. The molecule has 8 nitrogen and oxygen atoms in total. The first-order chi connectivity index (χ1) is 12.5. The van der Waals surface area contributed by atoms with Crippen LogP contribution in [-0.4, -0.2) is 57.1 Å². The minimum Gasteiger partial charge on any atom is -0.368 e. The highest BCUT2D eigenvalue weighted by Crippen LogP contribution is 2.15. The fourth-order valence-corrected chi connectivity index (χ4v) is 3.07. The zero-order valence-corrected chi connectivity index (χ0v) is 14.5. The van der Waals surface area contributed by atoms with Crippen LogP contribution in [-0.2, 0) is 18.4 Å². The monoisotopic (exact) mass is 355 g/mol. The number of carbonyl (C=O) groups excluding carboxylic acids is 2. The Labute approximate surface area is 150 Å². The first kappa shape index (κ1) is 17.8. The molecule has 2 amide bonds. The number of rotatable bonds is 4. The van der Waals surface area contributed by atoms with Crippen LogP contribution in [0.5, 0.6) is 0 Å². The standard InChI is InChI=1S/C18H21N5O3/c1-21-16(24)8-7-14(20-21)18(26)23-10-9-22(12-15(23)17(19)25)11-13-5-3-2-4-6-13/h2-8,15H,9-12H2,1H3,(H2,19,25). The molecule has 136 valence electrons. The lowest BCUT2D eigenvalue weighted by Crippen LogP contribution is -2.59. The maximum absolute atomic E-state index is 12.8. The Balaban J connectivity index is 1.76. The van der Waals surface area contributed by atoms with Gasteiger partial charge >= 0.3 is 0 Å². The molecule has 0 spiro atoms. The topological polar surface area (TPSA) is 102 Å². The normalized spacial score (nSPS) is 17.9. The van der Waals surface area contributed by atoms with Crippen LogP contribution >= 0.6 is 0 Å². The maximum Gasteiger partial charge on any atom is 0.275 e. The van der Waals surface area contributed by atoms with E-state index in [9.17, 15) is 14.4 Å². The third kappa shape index (κ3) is 3.80. The molecule has 26 heavy (non-hydrogen) atoms. The van der Waals surface area contributed by atoms with Crippen LogP contribution in [0.3, 0.4) is 0 Å². The van der Waals surface area contributed by atoms with E-state index in [1.54, 1.807) is 0 Å². The number of carbonyl (C=O) groups is 2. The van der Waals surface area contributed by atoms with Crippen molar-refractivity contribution in [1.29, 1.82) is 0 Å². The van der Waals surface area contributed by atoms with Crippen LogP contribution in [0.15, 0.2) is 47.3 Å². The number of amides is 2. The largest absolute Gasteiger partial charge is 0.368 e. The summed E-state index contributed by atoms with van der Waals surface area (Å²) in [6.45, 7) is 2.03. The van der Waals surface area contributed by atoms with Crippen molar-refractivity contribution in [1.82, 2.24) is 19.6 Å². The van der Waals surface area contributed by atoms with E-state index in [2.05, 4.69) is 10.00 Å². The molecule has 8 heteroatoms. The Morgan fingerprint density at radius 3 is 2.54 bits per heavy atom. The minimum atomic E-state index is -0.737. The summed E-state index contributed by atoms with van der Waals surface area (Å²) in [5.74, 6) is -0.954. The summed E-state index contributed by atoms with van der Waals surface area (Å²) < 4.78 is 1.10. The van der Waals surface area contributed by atoms with Crippen LogP contribution in [0, 0.1) is 0 Å². The molecule has 0 bridgehead atoms. The summed E-state index contributed by atoms with van der Waals surface area (Å²) in [5.41, 5.74) is 6.50. The fourth-order valence-electron chi connectivity index (χ4n) is 3.07. The summed E-state index contributed by atoms with van der Waals surface area (Å²) in [6.07, 6.45) is 0. The van der Waals surface area contributed by atoms with Crippen LogP contribution in [0.2, 0.25) is 0 Å². The van der Waals surface area contributed by atoms with Gasteiger partial charge in [-0.3, -0.25) is 19.3 Å². The number of nitrogens with two attached hydrogens (primary N) is 1. The molecule has 1 aromatic carbocycles. The molecule has 2 heterocycles. The third-order valence-electron chi connectivity index (χ3n) is 4.48. The molecule has 1 saturated heterocycles. The summed E-state index contributed by atoms with van der Waals surface area (Å²) in [4.78, 5) is 39.7. The Morgan fingerprint density at radius 1 is 1.15 bits per heavy atom. The molecule has 1 unspecified atom stereocenters. The van der Waals surface area contributed by atoms with E-state index >= 15 is 0 Å². The number of primary amides is 1. The van der Waals surface area contributed by atoms with Crippen LogP contribution in [0.4, 0.5) is 0 Å². The number of aryl methyl sites for hydroxylation is 1. The van der Waals surface area contributed by atoms with Gasteiger partial charge in [-0.05, 0) is 11.6 Å². The lowest BCUT2D eigenvalue weighted by Gasteiger charge is -2.39. The fraction of sp³-hybridized carbons (Fsp3) is 0.333. The van der Waals surface area contributed by atoms with Gasteiger partial charge in [-0.1, -0.05) is 30.3 Å². The number of piperazine rings is 1. The second-order valence-corrected chi connectivity index (χ2v) is 6.32. The molecule has 1 aromatic heterocycles. The van der Waals surface area contributed by atoms with Crippen molar-refractivity contribution >= 4 is 11.8 Å². The van der Waals surface area contributed by atoms with Gasteiger partial charge in [0, 0.05) is 39.3 Å². The minimum absolute atomic E-state index is 0.120. The highest BCUT2D eigenvalue weighted by atomic mass is 16.2. The van der Waals surface area contributed by atoms with E-state index in [-0.39, 0.29) is 11.3 Å². The Morgan fingerprint density at radius 2 is 1.88 bits per heavy atom. The number of hydrogen-bond acceptors (Lipinski definition) is 5. The molecule has 1 atom stereocenters. The SMILES string of the molecule is Cn1nc(C(=O)N2CCN(Cc3ccccc3)CC2C(N)=O)ccc1=O. The highest BCUT2D eigenvalue weighted by Gasteiger charge is 2.35. The van der Waals surface area contributed by atoms with Gasteiger partial charge in [-0.25, -0.2) is 4.68 Å². The van der Waals surface area contributed by atoms with E-state index in [1.807, 2.05) is 30.3 Å². The number of hydrogen-bond donors (Lipinski definition) is 1. The van der Waals surface area contributed by atoms with Gasteiger partial charge in [0.2, 0.25) is 5.91 Å². The van der Waals surface area contributed by atoms with E-state index in [1.165, 1.54) is 24.1 Å². The quantitative estimate of drug-likeness (QED) is 0.804. The molecule has 1 aliphatic rings. The van der Waals surface area contributed by atoms with Crippen molar-refractivity contribution in [2.24, 2.45) is 12.8 Å². The van der Waals surface area contributed by atoms with Crippen LogP contribution in [0.25, 0.3) is 0 Å². The average Bonchev–Trinajstić information content (AvgIpc) is 2.64. The summed E-state index contributed by atoms with van der Waals surface area (Å²) >= 11 is 0. The zero-order chi connectivity index (χ0) is 18.7. The van der Waals surface area contributed by atoms with Gasteiger partial charge in [-0.15, -0.1) is 0 Å². The van der Waals surface area contributed by atoms with E-state index in [0.29, 0.717) is 26.2 Å². The van der Waals surface area contributed by atoms with Crippen molar-refractivity contribution in [3.05, 3.63) is 64.1 Å². The first-order valence-electron chi connectivity index (χ1n) is 8.36. The van der Waals surface area contributed by atoms with Crippen LogP contribution in [0.1, 0.15) is 16.1 Å². The third-order valence-corrected chi connectivity index (χ3v) is 4.48. The van der Waals surface area contributed by atoms with Crippen molar-refractivity contribution < 1.29 is 9.59 Å². The molecular formula is C18H21N5O3. The predicted molar refractivity (Wildman–Crippen MR) is 95.2 cm³/mol. The predicted octanol–water partition coefficient (Wildman–Crippen LogP) is -0.408. The van der Waals surface area contributed by atoms with Gasteiger partial charge in [0.25, 0.3) is 11.5 Å². The zero-order valence-electron chi connectivity index (χ0n) is 14.5. The molecule has 1 fully saturated rings. The van der Waals surface area contributed by atoms with Gasteiger partial charge < -0.3 is 10.6 Å². The van der Waals surface area contributed by atoms with Crippen molar-refractivity contribution in [3.8, 4) is 0 Å². The number of benzene rings is 1. The second kappa shape index (κ2) is 7.49. The molecule has 1 aliphatic heterocycles. The maximum atomic E-state index is 12.8. The lowest BCUT2D eigenvalue weighted by molar-refractivity contribution is -0.124. The van der Waals surface area contributed by atoms with Gasteiger partial charge in [0.1, 0.15) is 11.7 Å². The molecule has 3 rings (SSSR count). The van der Waals surface area contributed by atoms with E-state index in [0.717, 1.165) is 10.2 Å². The summed E-state index contributed by atoms with van der Waals surface area (Å²) in [6, 6.07) is 11.8. The average molecular weight is 355 g/mol. The van der Waals surface area contributed by atoms with Crippen molar-refractivity contribution in [2.45, 2.75) is 12.6 Å². The Hall–Kier alpha value is -3.00. The molecular weight excluding hydrogens is 334 g/mol. The van der Waals surface area contributed by atoms with Gasteiger partial charge in [0.15, 0.2) is 0 Å². The van der Waals surface area contributed by atoms with Crippen LogP contribution < -0.4 is 11.3 Å². The first-order valence-corrected chi connectivity index (χ1v) is 8.36. The molecule has 2 N–H and O–H groups in total. The molecule has 0 aliphatic carbocycles. The van der Waals surface area contributed by atoms with Gasteiger partial charge in [0.05, 0.1) is 0 Å². The highest BCUT2D eigenvalue weighted by molar-refractivity contribution is 5.96. The second-order valence-electron chi connectivity index (χ2n) is 6.32. The van der Waals surface area contributed by atoms with E-state index in [4.69, 9.17) is 5.73 Å². The summed E-state index contributed by atoms with van der Waals surface area (Å²) in [7, 11) is 1.47.